The molecule has 0 saturated carbocycles. The molecule has 7 nitrogen and oxygen atoms in total. The molecule has 3 N–H and O–H groups in total. The third-order valence-electron chi connectivity index (χ3n) is 1.40. The quantitative estimate of drug-likeness (QED) is 0.590. The second-order valence-electron chi connectivity index (χ2n) is 2.42. The van der Waals surface area contributed by atoms with Gasteiger partial charge >= 0.3 is 5.82 Å². The molecule has 7 heteroatoms. The summed E-state index contributed by atoms with van der Waals surface area (Å²) in [4.78, 5) is 11.2. The Morgan fingerprint density at radius 3 is 3.00 bits per heavy atom. The first-order valence-electron chi connectivity index (χ1n) is 3.80. The van der Waals surface area contributed by atoms with Crippen LogP contribution in [-0.2, 0) is 0 Å². The lowest BCUT2D eigenvalue weighted by atomic mass is 10.4. The minimum atomic E-state index is -0.502. The third-order valence-corrected chi connectivity index (χ3v) is 1.40. The van der Waals surface area contributed by atoms with Crippen molar-refractivity contribution in [1.82, 2.24) is 10.5 Å². The first-order chi connectivity index (χ1) is 6.16. The Hall–Kier alpha value is -1.79. The van der Waals surface area contributed by atoms with Crippen LogP contribution in [0.15, 0.2) is 4.63 Å². The molecule has 1 rings (SSSR count). The Kier molecular flexibility index (Phi) is 2.68. The van der Waals surface area contributed by atoms with Gasteiger partial charge in [0.05, 0.1) is 0 Å². The van der Waals surface area contributed by atoms with Gasteiger partial charge in [-0.3, -0.25) is 4.79 Å². The zero-order chi connectivity index (χ0) is 9.84. The van der Waals surface area contributed by atoms with Crippen LogP contribution in [0.1, 0.15) is 23.8 Å². The maximum atomic E-state index is 11.2. The first-order valence-corrected chi connectivity index (χ1v) is 3.80. The van der Waals surface area contributed by atoms with Gasteiger partial charge in [-0.25, -0.2) is 0 Å². The summed E-state index contributed by atoms with van der Waals surface area (Å²) in [5.41, 5.74) is 5.03. The molecule has 0 radical (unpaired) electrons. The van der Waals surface area contributed by atoms with Crippen LogP contribution in [0.4, 0.5) is 5.82 Å². The molecule has 1 aromatic rings. The van der Waals surface area contributed by atoms with Crippen molar-refractivity contribution in [1.29, 1.82) is 0 Å². The highest BCUT2D eigenvalue weighted by molar-refractivity contribution is 5.95. The average Bonchev–Trinajstić information content (AvgIpc) is 2.44. The van der Waals surface area contributed by atoms with Gasteiger partial charge in [0.25, 0.3) is 11.6 Å². The van der Waals surface area contributed by atoms with E-state index in [9.17, 15) is 10.0 Å². The molecule has 0 spiro atoms. The average molecular weight is 186 g/mol. The summed E-state index contributed by atoms with van der Waals surface area (Å²) in [7, 11) is 0. The van der Waals surface area contributed by atoms with Crippen molar-refractivity contribution in [3.8, 4) is 0 Å². The summed E-state index contributed by atoms with van der Waals surface area (Å²) < 4.78 is 4.12. The van der Waals surface area contributed by atoms with E-state index in [4.69, 9.17) is 5.73 Å². The maximum Gasteiger partial charge on any atom is 0.305 e. The minimum absolute atomic E-state index is 0.0130. The first kappa shape index (κ1) is 9.30. The Morgan fingerprint density at radius 1 is 1.85 bits per heavy atom. The molecule has 0 aliphatic rings. The zero-order valence-electron chi connectivity index (χ0n) is 7.11. The number of aromatic nitrogens is 2. The SMILES string of the molecule is CCCNC(=O)c1no[n+]([O-])c1N. The largest absolute Gasteiger partial charge is 0.391 e. The van der Waals surface area contributed by atoms with Gasteiger partial charge in [0.15, 0.2) is 0 Å². The Balaban J connectivity index is 2.71. The van der Waals surface area contributed by atoms with Crippen LogP contribution in [0, 0.1) is 5.21 Å². The maximum absolute atomic E-state index is 11.2. The van der Waals surface area contributed by atoms with E-state index in [-0.39, 0.29) is 16.4 Å². The number of rotatable bonds is 3. The van der Waals surface area contributed by atoms with Gasteiger partial charge in [-0.05, 0) is 11.6 Å². The number of nitrogens with two attached hydrogens (primary N) is 1. The van der Waals surface area contributed by atoms with E-state index in [1.807, 2.05) is 6.92 Å². The zero-order valence-corrected chi connectivity index (χ0v) is 7.11. The molecular formula is C6H10N4O3. The molecule has 0 aromatic carbocycles. The van der Waals surface area contributed by atoms with E-state index in [1.54, 1.807) is 0 Å². The van der Waals surface area contributed by atoms with E-state index < -0.39 is 5.91 Å². The minimum Gasteiger partial charge on any atom is -0.391 e. The van der Waals surface area contributed by atoms with Gasteiger partial charge in [0.2, 0.25) is 0 Å². The van der Waals surface area contributed by atoms with Crippen LogP contribution in [0.3, 0.4) is 0 Å². The topological polar surface area (TPSA) is 108 Å². The van der Waals surface area contributed by atoms with Gasteiger partial charge in [-0.1, -0.05) is 11.8 Å². The number of anilines is 1. The molecule has 13 heavy (non-hydrogen) atoms. The third kappa shape index (κ3) is 1.86. The Morgan fingerprint density at radius 2 is 2.54 bits per heavy atom. The summed E-state index contributed by atoms with van der Waals surface area (Å²) >= 11 is 0. The number of nitrogen functional groups attached to an aromatic ring is 1. The van der Waals surface area contributed by atoms with E-state index in [2.05, 4.69) is 15.1 Å². The summed E-state index contributed by atoms with van der Waals surface area (Å²) in [6.45, 7) is 2.41. The van der Waals surface area contributed by atoms with E-state index in [0.29, 0.717) is 6.54 Å². The van der Waals surface area contributed by atoms with Crippen molar-refractivity contribution in [3.05, 3.63) is 10.9 Å². The van der Waals surface area contributed by atoms with Crippen LogP contribution in [0.2, 0.25) is 0 Å². The number of nitrogens with zero attached hydrogens (tertiary/aromatic N) is 2. The van der Waals surface area contributed by atoms with Crippen molar-refractivity contribution in [2.24, 2.45) is 0 Å². The van der Waals surface area contributed by atoms with Crippen molar-refractivity contribution >= 4 is 11.7 Å². The van der Waals surface area contributed by atoms with Gasteiger partial charge in [0, 0.05) is 6.54 Å². The molecular weight excluding hydrogens is 176 g/mol. The van der Waals surface area contributed by atoms with Gasteiger partial charge < -0.3 is 20.9 Å². The van der Waals surface area contributed by atoms with Crippen LogP contribution < -0.4 is 16.0 Å². The van der Waals surface area contributed by atoms with Crippen molar-refractivity contribution in [2.45, 2.75) is 13.3 Å². The molecule has 0 bridgehead atoms. The highest BCUT2D eigenvalue weighted by atomic mass is 16.8. The smallest absolute Gasteiger partial charge is 0.305 e. The van der Waals surface area contributed by atoms with Crippen LogP contribution in [0.5, 0.6) is 0 Å². The molecule has 0 aliphatic heterocycles. The van der Waals surface area contributed by atoms with E-state index in [1.165, 1.54) is 0 Å². The van der Waals surface area contributed by atoms with Crippen LogP contribution in [-0.4, -0.2) is 17.6 Å². The van der Waals surface area contributed by atoms with Crippen molar-refractivity contribution < 1.29 is 14.3 Å². The Bertz CT molecular complexity index is 309. The van der Waals surface area contributed by atoms with Crippen molar-refractivity contribution in [3.63, 3.8) is 0 Å². The monoisotopic (exact) mass is 186 g/mol. The summed E-state index contributed by atoms with van der Waals surface area (Å²) in [5, 5.41) is 16.3. The second-order valence-corrected chi connectivity index (χ2v) is 2.42. The number of hydrogen-bond donors (Lipinski definition) is 2. The fraction of sp³-hybridized carbons (Fsp3) is 0.500. The lowest BCUT2D eigenvalue weighted by Gasteiger charge is -1.96. The molecule has 0 saturated heterocycles. The van der Waals surface area contributed by atoms with Gasteiger partial charge in [0.1, 0.15) is 0 Å². The predicted molar refractivity (Wildman–Crippen MR) is 42.5 cm³/mol. The molecule has 0 unspecified atom stereocenters. The number of hydrogen-bond acceptors (Lipinski definition) is 5. The Labute approximate surface area is 74.0 Å². The number of amides is 1. The van der Waals surface area contributed by atoms with E-state index >= 15 is 0 Å². The van der Waals surface area contributed by atoms with Crippen molar-refractivity contribution in [2.75, 3.05) is 12.3 Å². The summed E-state index contributed by atoms with van der Waals surface area (Å²) in [6, 6.07) is 0. The van der Waals surface area contributed by atoms with E-state index in [0.717, 1.165) is 6.42 Å². The predicted octanol–water partition coefficient (Wildman–Crippen LogP) is -0.970. The highest BCUT2D eigenvalue weighted by Crippen LogP contribution is 2.00. The molecule has 72 valence electrons. The number of carbonyl (C=O) groups is 1. The van der Waals surface area contributed by atoms with Crippen LogP contribution in [0.25, 0.3) is 0 Å². The van der Waals surface area contributed by atoms with Gasteiger partial charge in [-0.15, -0.1) is 0 Å². The fourth-order valence-corrected chi connectivity index (χ4v) is 0.735. The lowest BCUT2D eigenvalue weighted by Crippen LogP contribution is -2.30. The fourth-order valence-electron chi connectivity index (χ4n) is 0.735. The second kappa shape index (κ2) is 3.74. The lowest BCUT2D eigenvalue weighted by molar-refractivity contribution is -0.790. The number of carbonyl (C=O) groups excluding carboxylic acids is 1. The molecule has 0 atom stereocenters. The molecule has 1 amide bonds. The highest BCUT2D eigenvalue weighted by Gasteiger charge is 2.21. The molecule has 1 aromatic heterocycles. The summed E-state index contributed by atoms with van der Waals surface area (Å²) in [6.07, 6.45) is 0.793. The normalized spacial score (nSPS) is 9.92. The molecule has 0 fully saturated rings. The van der Waals surface area contributed by atoms with Crippen LogP contribution >= 0.6 is 0 Å². The summed E-state index contributed by atoms with van der Waals surface area (Å²) in [5.74, 6) is -0.827. The molecule has 0 aliphatic carbocycles. The van der Waals surface area contributed by atoms with Gasteiger partial charge in [-0.2, -0.15) is 0 Å². The standard InChI is InChI=1S/C6H10N4O3/c1-2-3-8-6(11)4-5(7)10(12)13-9-4/h2-3,7H2,1H3,(H,8,11). The molecule has 1 heterocycles. The number of nitrogens with one attached hydrogen (secondary N) is 1.